The van der Waals surface area contributed by atoms with Crippen molar-refractivity contribution in [2.75, 3.05) is 13.2 Å². The Morgan fingerprint density at radius 2 is 1.29 bits per heavy atom. The van der Waals surface area contributed by atoms with Gasteiger partial charge in [-0.1, -0.05) is 23.3 Å². The van der Waals surface area contributed by atoms with Crippen molar-refractivity contribution in [1.29, 1.82) is 0 Å². The van der Waals surface area contributed by atoms with Crippen LogP contribution in [0.2, 0.25) is 0 Å². The van der Waals surface area contributed by atoms with Crippen molar-refractivity contribution in [2.45, 2.75) is 52.4 Å². The Bertz CT molecular complexity index is 417. The lowest BCUT2D eigenvalue weighted by Gasteiger charge is -2.27. The maximum atomic E-state index is 12.5. The first-order valence-electron chi connectivity index (χ1n) is 7.82. The second-order valence-electron chi connectivity index (χ2n) is 5.66. The van der Waals surface area contributed by atoms with Crippen LogP contribution >= 0.6 is 0 Å². The lowest BCUT2D eigenvalue weighted by Crippen LogP contribution is -2.41. The van der Waals surface area contributed by atoms with E-state index in [0.717, 1.165) is 25.7 Å². The molecular formula is C17H24O4. The molecule has 0 aromatic heterocycles. The second kappa shape index (κ2) is 6.92. The molecule has 0 saturated heterocycles. The molecule has 2 saturated carbocycles. The van der Waals surface area contributed by atoms with Gasteiger partial charge < -0.3 is 9.47 Å². The number of carbonyl (C=O) groups is 2. The van der Waals surface area contributed by atoms with Crippen molar-refractivity contribution in [2.24, 2.45) is 5.41 Å². The van der Waals surface area contributed by atoms with E-state index >= 15 is 0 Å². The highest BCUT2D eigenvalue weighted by Crippen LogP contribution is 2.38. The molecule has 0 N–H and O–H groups in total. The van der Waals surface area contributed by atoms with Crippen molar-refractivity contribution in [1.82, 2.24) is 0 Å². The molecule has 0 spiro atoms. The highest BCUT2D eigenvalue weighted by atomic mass is 16.6. The van der Waals surface area contributed by atoms with Gasteiger partial charge in [0.15, 0.2) is 5.41 Å². The molecule has 21 heavy (non-hydrogen) atoms. The predicted molar refractivity (Wildman–Crippen MR) is 79.6 cm³/mol. The van der Waals surface area contributed by atoms with E-state index in [1.54, 1.807) is 13.8 Å². The largest absolute Gasteiger partial charge is 0.465 e. The Labute approximate surface area is 126 Å². The minimum Gasteiger partial charge on any atom is -0.465 e. The summed E-state index contributed by atoms with van der Waals surface area (Å²) in [6.45, 7) is 4.05. The van der Waals surface area contributed by atoms with Crippen LogP contribution in [0.3, 0.4) is 0 Å². The topological polar surface area (TPSA) is 52.6 Å². The summed E-state index contributed by atoms with van der Waals surface area (Å²) in [7, 11) is 0. The van der Waals surface area contributed by atoms with E-state index in [2.05, 4.69) is 0 Å². The van der Waals surface area contributed by atoms with Gasteiger partial charge in [0.05, 0.1) is 13.2 Å². The van der Waals surface area contributed by atoms with Gasteiger partial charge in [0.2, 0.25) is 0 Å². The highest BCUT2D eigenvalue weighted by molar-refractivity contribution is 6.00. The fraction of sp³-hybridized carbons (Fsp3) is 0.647. The molecule has 2 rings (SSSR count). The molecule has 2 aliphatic carbocycles. The van der Waals surface area contributed by atoms with Crippen LogP contribution in [0, 0.1) is 5.41 Å². The summed E-state index contributed by atoms with van der Waals surface area (Å²) < 4.78 is 10.4. The van der Waals surface area contributed by atoms with Crippen LogP contribution in [0.4, 0.5) is 0 Å². The van der Waals surface area contributed by atoms with Crippen LogP contribution in [0.15, 0.2) is 23.3 Å². The quantitative estimate of drug-likeness (QED) is 0.391. The zero-order valence-electron chi connectivity index (χ0n) is 12.9. The van der Waals surface area contributed by atoms with Gasteiger partial charge in [0.1, 0.15) is 0 Å². The van der Waals surface area contributed by atoms with Crippen LogP contribution in [-0.2, 0) is 19.1 Å². The molecule has 4 heteroatoms. The monoisotopic (exact) mass is 292 g/mol. The molecule has 0 aromatic carbocycles. The Morgan fingerprint density at radius 3 is 1.57 bits per heavy atom. The van der Waals surface area contributed by atoms with Gasteiger partial charge in [0, 0.05) is 0 Å². The molecule has 0 amide bonds. The van der Waals surface area contributed by atoms with Gasteiger partial charge in [-0.2, -0.15) is 0 Å². The zero-order chi connectivity index (χ0) is 15.3. The normalized spacial score (nSPS) is 16.3. The number of carbonyl (C=O) groups excluding carboxylic acids is 2. The summed E-state index contributed by atoms with van der Waals surface area (Å²) >= 11 is 0. The van der Waals surface area contributed by atoms with Crippen LogP contribution in [0.25, 0.3) is 0 Å². The fourth-order valence-electron chi connectivity index (χ4n) is 2.23. The van der Waals surface area contributed by atoms with E-state index in [1.807, 2.05) is 12.2 Å². The van der Waals surface area contributed by atoms with Gasteiger partial charge in [-0.05, 0) is 52.4 Å². The third-order valence-electron chi connectivity index (χ3n) is 3.89. The predicted octanol–water partition coefficient (Wildman–Crippen LogP) is 3.32. The molecule has 0 unspecified atom stereocenters. The molecule has 0 heterocycles. The third-order valence-corrected chi connectivity index (χ3v) is 3.89. The van der Waals surface area contributed by atoms with Crippen LogP contribution in [0.5, 0.6) is 0 Å². The molecule has 0 aromatic rings. The van der Waals surface area contributed by atoms with E-state index < -0.39 is 17.4 Å². The average Bonchev–Trinajstić information content (AvgIpc) is 3.34. The highest BCUT2D eigenvalue weighted by Gasteiger charge is 2.47. The number of esters is 2. The van der Waals surface area contributed by atoms with Crippen molar-refractivity contribution < 1.29 is 19.1 Å². The Kier molecular flexibility index (Phi) is 5.21. The number of rotatable bonds is 8. The minimum absolute atomic E-state index is 0.271. The SMILES string of the molecule is CCOC(=O)C(CC=C1CC1)(CC=C1CC1)C(=O)OCC. The van der Waals surface area contributed by atoms with Gasteiger partial charge in [-0.15, -0.1) is 0 Å². The molecule has 2 fully saturated rings. The Balaban J connectivity index is 2.23. The molecule has 0 aliphatic heterocycles. The summed E-state index contributed by atoms with van der Waals surface area (Å²) in [4.78, 5) is 24.9. The summed E-state index contributed by atoms with van der Waals surface area (Å²) in [6, 6.07) is 0. The molecule has 0 bridgehead atoms. The van der Waals surface area contributed by atoms with Crippen LogP contribution in [0.1, 0.15) is 52.4 Å². The standard InChI is InChI=1S/C17H24O4/c1-3-20-15(18)17(16(19)21-4-2,11-9-13-5-6-13)12-10-14-7-8-14/h9-10H,3-8,11-12H2,1-2H3. The van der Waals surface area contributed by atoms with Gasteiger partial charge >= 0.3 is 11.9 Å². The van der Waals surface area contributed by atoms with Crippen LogP contribution < -0.4 is 0 Å². The van der Waals surface area contributed by atoms with E-state index in [4.69, 9.17) is 9.47 Å². The molecule has 0 atom stereocenters. The smallest absolute Gasteiger partial charge is 0.324 e. The first kappa shape index (κ1) is 15.8. The molecule has 0 radical (unpaired) electrons. The van der Waals surface area contributed by atoms with Crippen molar-refractivity contribution in [3.8, 4) is 0 Å². The van der Waals surface area contributed by atoms with E-state index in [0.29, 0.717) is 12.8 Å². The van der Waals surface area contributed by atoms with Crippen molar-refractivity contribution in [3.05, 3.63) is 23.3 Å². The first-order chi connectivity index (χ1) is 10.1. The second-order valence-corrected chi connectivity index (χ2v) is 5.66. The van der Waals surface area contributed by atoms with Crippen molar-refractivity contribution >= 4 is 11.9 Å². The Hall–Kier alpha value is -1.58. The summed E-state index contributed by atoms with van der Waals surface area (Å²) in [5.41, 5.74) is 1.41. The molecule has 2 aliphatic rings. The lowest BCUT2D eigenvalue weighted by atomic mass is 9.80. The van der Waals surface area contributed by atoms with E-state index in [9.17, 15) is 9.59 Å². The molecular weight excluding hydrogens is 268 g/mol. The van der Waals surface area contributed by atoms with Gasteiger partial charge in [0.25, 0.3) is 0 Å². The van der Waals surface area contributed by atoms with Gasteiger partial charge in [-0.3, -0.25) is 9.59 Å². The maximum Gasteiger partial charge on any atom is 0.324 e. The minimum atomic E-state index is -1.21. The summed E-state index contributed by atoms with van der Waals surface area (Å²) in [5.74, 6) is -0.920. The summed E-state index contributed by atoms with van der Waals surface area (Å²) in [5, 5.41) is 0. The zero-order valence-corrected chi connectivity index (χ0v) is 12.9. The number of allylic oxidation sites excluding steroid dienone is 4. The third kappa shape index (κ3) is 4.19. The lowest BCUT2D eigenvalue weighted by molar-refractivity contribution is -0.171. The van der Waals surface area contributed by atoms with Gasteiger partial charge in [-0.25, -0.2) is 0 Å². The number of hydrogen-bond donors (Lipinski definition) is 0. The molecule has 4 nitrogen and oxygen atoms in total. The average molecular weight is 292 g/mol. The summed E-state index contributed by atoms with van der Waals surface area (Å²) in [6.07, 6.45) is 9.07. The van der Waals surface area contributed by atoms with Crippen molar-refractivity contribution in [3.63, 3.8) is 0 Å². The first-order valence-corrected chi connectivity index (χ1v) is 7.82. The molecule has 116 valence electrons. The Morgan fingerprint density at radius 1 is 0.905 bits per heavy atom. The van der Waals surface area contributed by atoms with E-state index in [-0.39, 0.29) is 13.2 Å². The number of ether oxygens (including phenoxy) is 2. The van der Waals surface area contributed by atoms with Crippen LogP contribution in [-0.4, -0.2) is 25.2 Å². The maximum absolute atomic E-state index is 12.5. The van der Waals surface area contributed by atoms with E-state index in [1.165, 1.54) is 11.1 Å². The fourth-order valence-corrected chi connectivity index (χ4v) is 2.23. The number of hydrogen-bond acceptors (Lipinski definition) is 4.